The van der Waals surface area contributed by atoms with Crippen LogP contribution in [0.3, 0.4) is 0 Å². The molecule has 0 bridgehead atoms. The molecule has 4 rings (SSSR count). The van der Waals surface area contributed by atoms with E-state index in [1.54, 1.807) is 54.1 Å². The van der Waals surface area contributed by atoms with E-state index in [0.29, 0.717) is 23.4 Å². The van der Waals surface area contributed by atoms with Gasteiger partial charge in [0.2, 0.25) is 0 Å². The molecule has 0 aliphatic heterocycles. The van der Waals surface area contributed by atoms with Gasteiger partial charge >= 0.3 is 5.97 Å². The zero-order valence-electron chi connectivity index (χ0n) is 16.6. The number of thiophene rings is 1. The van der Waals surface area contributed by atoms with Gasteiger partial charge in [-0.3, -0.25) is 4.79 Å². The Kier molecular flexibility index (Phi) is 6.09. The fraction of sp³-hybridized carbons (Fsp3) is 0.261. The molecule has 0 fully saturated rings. The molecule has 2 heterocycles. The van der Waals surface area contributed by atoms with Gasteiger partial charge in [0.15, 0.2) is 0 Å². The molecular weight excluding hydrogens is 400 g/mol. The van der Waals surface area contributed by atoms with Gasteiger partial charge in [0, 0.05) is 11.1 Å². The van der Waals surface area contributed by atoms with Crippen LogP contribution in [0.15, 0.2) is 52.1 Å². The van der Waals surface area contributed by atoms with Crippen molar-refractivity contribution in [2.75, 3.05) is 7.11 Å². The molecule has 0 saturated heterocycles. The predicted molar refractivity (Wildman–Crippen MR) is 116 cm³/mol. The van der Waals surface area contributed by atoms with Gasteiger partial charge in [-0.05, 0) is 61.1 Å². The molecule has 1 aromatic carbocycles. The molecule has 2 aromatic heterocycles. The minimum absolute atomic E-state index is 0.126. The summed E-state index contributed by atoms with van der Waals surface area (Å²) in [6.45, 7) is 0.342. The summed E-state index contributed by atoms with van der Waals surface area (Å²) in [5, 5.41) is 3.67. The third kappa shape index (κ3) is 4.36. The molecule has 1 aliphatic carbocycles. The molecule has 1 amide bonds. The van der Waals surface area contributed by atoms with Gasteiger partial charge < -0.3 is 14.5 Å². The highest BCUT2D eigenvalue weighted by Crippen LogP contribution is 2.39. The molecule has 0 atom stereocenters. The number of amides is 1. The highest BCUT2D eigenvalue weighted by atomic mass is 32.1. The first kappa shape index (κ1) is 20.1. The first-order valence-electron chi connectivity index (χ1n) is 9.83. The molecule has 154 valence electrons. The van der Waals surface area contributed by atoms with Crippen LogP contribution in [0.4, 0.5) is 5.00 Å². The Balaban J connectivity index is 1.57. The van der Waals surface area contributed by atoms with E-state index in [1.807, 2.05) is 6.07 Å². The number of ether oxygens (including phenoxy) is 1. The second kappa shape index (κ2) is 9.09. The number of benzene rings is 1. The van der Waals surface area contributed by atoms with Crippen molar-refractivity contribution < 1.29 is 18.7 Å². The first-order valence-corrected chi connectivity index (χ1v) is 10.6. The van der Waals surface area contributed by atoms with Crippen LogP contribution in [-0.2, 0) is 24.1 Å². The number of carbonyl (C=O) groups is 2. The maximum atomic E-state index is 13.0. The Bertz CT molecular complexity index is 1070. The van der Waals surface area contributed by atoms with Crippen LogP contribution in [0.25, 0.3) is 0 Å². The smallest absolute Gasteiger partial charge is 0.337 e. The summed E-state index contributed by atoms with van der Waals surface area (Å²) in [5.74, 6) is 0.210. The fourth-order valence-corrected chi connectivity index (χ4v) is 4.73. The van der Waals surface area contributed by atoms with Crippen LogP contribution in [0.5, 0.6) is 0 Å². The van der Waals surface area contributed by atoms with Crippen molar-refractivity contribution >= 4 is 34.4 Å². The van der Waals surface area contributed by atoms with Crippen LogP contribution >= 0.6 is 11.3 Å². The van der Waals surface area contributed by atoms with Crippen LogP contribution in [-0.4, -0.2) is 25.2 Å². The summed E-state index contributed by atoms with van der Waals surface area (Å²) in [6.07, 6.45) is 7.43. The summed E-state index contributed by atoms with van der Waals surface area (Å²) >= 11 is 1.59. The van der Waals surface area contributed by atoms with Crippen molar-refractivity contribution in [1.29, 1.82) is 0 Å². The molecule has 0 radical (unpaired) electrons. The number of esters is 1. The average molecular weight is 423 g/mol. The maximum absolute atomic E-state index is 13.0. The summed E-state index contributed by atoms with van der Waals surface area (Å²) < 4.78 is 10.0. The molecule has 0 unspecified atom stereocenters. The van der Waals surface area contributed by atoms with E-state index in [2.05, 4.69) is 10.3 Å². The average Bonchev–Trinajstić information content (AvgIpc) is 3.43. The topological polar surface area (TPSA) is 80.9 Å². The third-order valence-corrected chi connectivity index (χ3v) is 6.25. The molecule has 1 aliphatic rings. The minimum Gasteiger partial charge on any atom is -0.467 e. The number of furan rings is 1. The monoisotopic (exact) mass is 422 g/mol. The highest BCUT2D eigenvalue weighted by molar-refractivity contribution is 7.16. The second-order valence-corrected chi connectivity index (χ2v) is 8.11. The van der Waals surface area contributed by atoms with E-state index in [0.717, 1.165) is 41.8 Å². The van der Waals surface area contributed by atoms with Gasteiger partial charge in [-0.15, -0.1) is 11.3 Å². The number of methoxy groups -OCH3 is 1. The van der Waals surface area contributed by atoms with Crippen LogP contribution < -0.4 is 5.32 Å². The summed E-state index contributed by atoms with van der Waals surface area (Å²) in [5.41, 5.74) is 3.12. The number of aryl methyl sites for hydroxylation is 1. The number of carbonyl (C=O) groups excluding carboxylic acids is 2. The lowest BCUT2D eigenvalue weighted by Gasteiger charge is -2.12. The molecule has 0 spiro atoms. The molecule has 1 N–H and O–H groups in total. The van der Waals surface area contributed by atoms with Gasteiger partial charge in [-0.1, -0.05) is 12.1 Å². The Morgan fingerprint density at radius 1 is 1.20 bits per heavy atom. The molecular formula is C23H22N2O4S. The van der Waals surface area contributed by atoms with Gasteiger partial charge in [0.25, 0.3) is 5.91 Å². The second-order valence-electron chi connectivity index (χ2n) is 7.02. The number of rotatable bonds is 6. The fourth-order valence-electron chi connectivity index (χ4n) is 3.50. The van der Waals surface area contributed by atoms with E-state index in [-0.39, 0.29) is 11.9 Å². The molecule has 7 heteroatoms. The van der Waals surface area contributed by atoms with Gasteiger partial charge in [-0.2, -0.15) is 0 Å². The Morgan fingerprint density at radius 3 is 2.73 bits per heavy atom. The van der Waals surface area contributed by atoms with E-state index < -0.39 is 0 Å². The first-order chi connectivity index (χ1) is 14.7. The summed E-state index contributed by atoms with van der Waals surface area (Å²) in [7, 11) is 1.36. The number of hydrogen-bond donors (Lipinski definition) is 1. The molecule has 0 saturated carbocycles. The molecule has 3 aromatic rings. The van der Waals surface area contributed by atoms with E-state index in [9.17, 15) is 9.59 Å². The van der Waals surface area contributed by atoms with Gasteiger partial charge in [0.1, 0.15) is 10.8 Å². The lowest BCUT2D eigenvalue weighted by atomic mass is 9.95. The number of fused-ring (bicyclic) bond motifs is 1. The van der Waals surface area contributed by atoms with E-state index in [4.69, 9.17) is 9.15 Å². The largest absolute Gasteiger partial charge is 0.467 e. The van der Waals surface area contributed by atoms with Crippen molar-refractivity contribution in [2.45, 2.75) is 32.2 Å². The molecule has 6 nitrogen and oxygen atoms in total. The Hall–Kier alpha value is -3.19. The lowest BCUT2D eigenvalue weighted by Crippen LogP contribution is -2.23. The standard InChI is InChI=1S/C23H22N2O4S/c1-28-23(27)16-10-8-15(9-11-16)13-25-22-20(18-6-2-3-7-19(18)30-22)21(26)24-14-17-5-4-12-29-17/h4-5,8-13H,2-3,6-7,14H2,1H3,(H,24,26). The zero-order valence-corrected chi connectivity index (χ0v) is 17.5. The molecule has 30 heavy (non-hydrogen) atoms. The number of hydrogen-bond acceptors (Lipinski definition) is 6. The number of aliphatic imine (C=N–C) groups is 1. The maximum Gasteiger partial charge on any atom is 0.337 e. The van der Waals surface area contributed by atoms with Crippen molar-refractivity contribution in [3.8, 4) is 0 Å². The highest BCUT2D eigenvalue weighted by Gasteiger charge is 2.25. The van der Waals surface area contributed by atoms with Crippen molar-refractivity contribution in [2.24, 2.45) is 4.99 Å². The van der Waals surface area contributed by atoms with Crippen molar-refractivity contribution in [3.05, 3.63) is 75.6 Å². The van der Waals surface area contributed by atoms with E-state index >= 15 is 0 Å². The Labute approximate surface area is 178 Å². The summed E-state index contributed by atoms with van der Waals surface area (Å²) in [4.78, 5) is 30.4. The van der Waals surface area contributed by atoms with Crippen LogP contribution in [0.1, 0.15) is 55.3 Å². The predicted octanol–water partition coefficient (Wildman–Crippen LogP) is 4.69. The van der Waals surface area contributed by atoms with Crippen LogP contribution in [0, 0.1) is 0 Å². The number of nitrogens with one attached hydrogen (secondary N) is 1. The Morgan fingerprint density at radius 2 is 2.00 bits per heavy atom. The van der Waals surface area contributed by atoms with Crippen LogP contribution in [0.2, 0.25) is 0 Å². The zero-order chi connectivity index (χ0) is 20.9. The summed E-state index contributed by atoms with van der Waals surface area (Å²) in [6, 6.07) is 10.6. The minimum atomic E-state index is -0.375. The van der Waals surface area contributed by atoms with Crippen molar-refractivity contribution in [3.63, 3.8) is 0 Å². The lowest BCUT2D eigenvalue weighted by molar-refractivity contribution is 0.0600. The van der Waals surface area contributed by atoms with Gasteiger partial charge in [0.05, 0.1) is 31.0 Å². The van der Waals surface area contributed by atoms with Crippen molar-refractivity contribution in [1.82, 2.24) is 5.32 Å². The van der Waals surface area contributed by atoms with Gasteiger partial charge in [-0.25, -0.2) is 9.79 Å². The van der Waals surface area contributed by atoms with E-state index in [1.165, 1.54) is 12.0 Å². The quantitative estimate of drug-likeness (QED) is 0.462. The third-order valence-electron chi connectivity index (χ3n) is 5.05. The SMILES string of the molecule is COC(=O)c1ccc(C=Nc2sc3c(c2C(=O)NCc2ccco2)CCCC3)cc1. The normalized spacial score (nSPS) is 13.2. The number of nitrogens with zero attached hydrogens (tertiary/aromatic N) is 1.